The van der Waals surface area contributed by atoms with E-state index < -0.39 is 0 Å². The van der Waals surface area contributed by atoms with Gasteiger partial charge in [-0.2, -0.15) is 0 Å². The van der Waals surface area contributed by atoms with Gasteiger partial charge in [-0.15, -0.1) is 11.3 Å². The number of esters is 1. The number of rotatable bonds is 9. The van der Waals surface area contributed by atoms with Crippen molar-refractivity contribution in [1.82, 2.24) is 0 Å². The standard InChI is InChI=1S/C33H27NO3S/c1-37-33(36)22-9-24-7-14-28(15-8-24)34(29-16-10-26(11-17-29)25-5-3-2-4-6-25)30-18-12-27(13-19-30)32-21-20-31(23-35)38-32/h2-8,10-21,23H,9,22H2,1H3. The third-order valence-electron chi connectivity index (χ3n) is 6.43. The average molecular weight is 518 g/mol. The Morgan fingerprint density at radius 3 is 1.82 bits per heavy atom. The lowest BCUT2D eigenvalue weighted by Crippen LogP contribution is -2.10. The van der Waals surface area contributed by atoms with Gasteiger partial charge in [-0.05, 0) is 77.2 Å². The minimum absolute atomic E-state index is 0.208. The summed E-state index contributed by atoms with van der Waals surface area (Å²) in [5.74, 6) is -0.208. The fraction of sp³-hybridized carbons (Fsp3) is 0.0909. The highest BCUT2D eigenvalue weighted by molar-refractivity contribution is 7.17. The second-order valence-corrected chi connectivity index (χ2v) is 9.97. The molecular weight excluding hydrogens is 490 g/mol. The van der Waals surface area contributed by atoms with Gasteiger partial charge < -0.3 is 9.64 Å². The zero-order valence-electron chi connectivity index (χ0n) is 21.0. The van der Waals surface area contributed by atoms with Crippen LogP contribution in [-0.2, 0) is 16.0 Å². The van der Waals surface area contributed by atoms with E-state index in [9.17, 15) is 9.59 Å². The van der Waals surface area contributed by atoms with Crippen LogP contribution in [0.2, 0.25) is 0 Å². The molecule has 38 heavy (non-hydrogen) atoms. The van der Waals surface area contributed by atoms with Crippen molar-refractivity contribution in [3.8, 4) is 21.6 Å². The number of aldehydes is 1. The molecule has 0 aliphatic rings. The molecule has 0 saturated heterocycles. The van der Waals surface area contributed by atoms with Crippen LogP contribution in [0.3, 0.4) is 0 Å². The fourth-order valence-corrected chi connectivity index (χ4v) is 5.22. The van der Waals surface area contributed by atoms with E-state index in [1.54, 1.807) is 0 Å². The maximum Gasteiger partial charge on any atom is 0.305 e. The molecule has 0 bridgehead atoms. The summed E-state index contributed by atoms with van der Waals surface area (Å²) in [7, 11) is 1.41. The molecule has 0 N–H and O–H groups in total. The summed E-state index contributed by atoms with van der Waals surface area (Å²) in [4.78, 5) is 26.7. The van der Waals surface area contributed by atoms with Gasteiger partial charge in [0.05, 0.1) is 12.0 Å². The Kier molecular flexibility index (Phi) is 7.76. The Balaban J connectivity index is 1.47. The smallest absolute Gasteiger partial charge is 0.305 e. The number of aryl methyl sites for hydroxylation is 1. The van der Waals surface area contributed by atoms with Crippen molar-refractivity contribution < 1.29 is 14.3 Å². The lowest BCUT2D eigenvalue weighted by Gasteiger charge is -2.26. The highest BCUT2D eigenvalue weighted by atomic mass is 32.1. The second kappa shape index (κ2) is 11.7. The number of nitrogens with zero attached hydrogens (tertiary/aromatic N) is 1. The highest BCUT2D eigenvalue weighted by Crippen LogP contribution is 2.37. The van der Waals surface area contributed by atoms with E-state index in [1.165, 1.54) is 24.0 Å². The molecule has 0 saturated carbocycles. The van der Waals surface area contributed by atoms with E-state index >= 15 is 0 Å². The van der Waals surface area contributed by atoms with Crippen LogP contribution < -0.4 is 4.90 Å². The zero-order valence-corrected chi connectivity index (χ0v) is 21.9. The Bertz CT molecular complexity index is 1510. The molecule has 0 atom stereocenters. The molecule has 5 rings (SSSR count). The molecule has 0 aliphatic heterocycles. The lowest BCUT2D eigenvalue weighted by atomic mass is 10.0. The molecule has 1 aromatic heterocycles. The number of methoxy groups -OCH3 is 1. The van der Waals surface area contributed by atoms with E-state index in [1.807, 2.05) is 30.3 Å². The van der Waals surface area contributed by atoms with Crippen LogP contribution in [0.1, 0.15) is 21.7 Å². The van der Waals surface area contributed by atoms with Gasteiger partial charge in [-0.25, -0.2) is 0 Å². The summed E-state index contributed by atoms with van der Waals surface area (Å²) in [6.45, 7) is 0. The van der Waals surface area contributed by atoms with Gasteiger partial charge in [0, 0.05) is 28.4 Å². The third-order valence-corrected chi connectivity index (χ3v) is 7.49. The molecular formula is C33H27NO3S. The van der Waals surface area contributed by atoms with Crippen molar-refractivity contribution in [3.63, 3.8) is 0 Å². The largest absolute Gasteiger partial charge is 0.469 e. The number of ether oxygens (including phenoxy) is 1. The van der Waals surface area contributed by atoms with Crippen LogP contribution in [0.5, 0.6) is 0 Å². The minimum Gasteiger partial charge on any atom is -0.469 e. The van der Waals surface area contributed by atoms with Crippen LogP contribution in [0, 0.1) is 0 Å². The number of hydrogen-bond donors (Lipinski definition) is 0. The summed E-state index contributed by atoms with van der Waals surface area (Å²) in [6.07, 6.45) is 1.88. The normalized spacial score (nSPS) is 10.7. The van der Waals surface area contributed by atoms with Crippen molar-refractivity contribution in [3.05, 3.63) is 126 Å². The Labute approximate surface area is 226 Å². The summed E-state index contributed by atoms with van der Waals surface area (Å²) in [6, 6.07) is 39.4. The first kappa shape index (κ1) is 25.2. The Morgan fingerprint density at radius 1 is 0.711 bits per heavy atom. The van der Waals surface area contributed by atoms with Gasteiger partial charge in [0.15, 0.2) is 6.29 Å². The number of benzene rings is 4. The monoisotopic (exact) mass is 517 g/mol. The molecule has 5 heteroatoms. The summed E-state index contributed by atoms with van der Waals surface area (Å²) in [5.41, 5.74) is 7.57. The molecule has 4 aromatic carbocycles. The van der Waals surface area contributed by atoms with Crippen molar-refractivity contribution in [2.75, 3.05) is 12.0 Å². The van der Waals surface area contributed by atoms with E-state index in [0.717, 1.165) is 49.8 Å². The first-order chi connectivity index (χ1) is 18.6. The van der Waals surface area contributed by atoms with Crippen molar-refractivity contribution in [2.45, 2.75) is 12.8 Å². The molecule has 0 amide bonds. The Morgan fingerprint density at radius 2 is 1.26 bits per heavy atom. The van der Waals surface area contributed by atoms with Crippen molar-refractivity contribution in [2.24, 2.45) is 0 Å². The lowest BCUT2D eigenvalue weighted by molar-refractivity contribution is -0.140. The van der Waals surface area contributed by atoms with Crippen LogP contribution in [-0.4, -0.2) is 19.4 Å². The van der Waals surface area contributed by atoms with Gasteiger partial charge >= 0.3 is 5.97 Å². The first-order valence-electron chi connectivity index (χ1n) is 12.4. The number of hydrogen-bond acceptors (Lipinski definition) is 5. The SMILES string of the molecule is COC(=O)CCc1ccc(N(c2ccc(-c3ccccc3)cc2)c2ccc(-c3ccc(C=O)s3)cc2)cc1. The van der Waals surface area contributed by atoms with Gasteiger partial charge in [0.1, 0.15) is 0 Å². The van der Waals surface area contributed by atoms with E-state index in [-0.39, 0.29) is 5.97 Å². The summed E-state index contributed by atoms with van der Waals surface area (Å²) >= 11 is 1.49. The first-order valence-corrected chi connectivity index (χ1v) is 13.2. The van der Waals surface area contributed by atoms with Crippen LogP contribution in [0.4, 0.5) is 17.1 Å². The third kappa shape index (κ3) is 5.74. The topological polar surface area (TPSA) is 46.6 Å². The number of thiophene rings is 1. The quantitative estimate of drug-likeness (QED) is 0.145. The number of anilines is 3. The van der Waals surface area contributed by atoms with Crippen LogP contribution in [0.15, 0.2) is 115 Å². The predicted octanol–water partition coefficient (Wildman–Crippen LogP) is 8.47. The predicted molar refractivity (Wildman–Crippen MR) is 156 cm³/mol. The second-order valence-electron chi connectivity index (χ2n) is 8.86. The van der Waals surface area contributed by atoms with E-state index in [2.05, 4.69) is 89.8 Å². The minimum atomic E-state index is -0.208. The molecule has 188 valence electrons. The zero-order chi connectivity index (χ0) is 26.3. The molecule has 0 spiro atoms. The number of carbonyl (C=O) groups excluding carboxylic acids is 2. The fourth-order valence-electron chi connectivity index (χ4n) is 4.39. The summed E-state index contributed by atoms with van der Waals surface area (Å²) in [5, 5.41) is 0. The van der Waals surface area contributed by atoms with Crippen LogP contribution in [0.25, 0.3) is 21.6 Å². The van der Waals surface area contributed by atoms with E-state index in [0.29, 0.717) is 12.8 Å². The molecule has 4 nitrogen and oxygen atoms in total. The molecule has 0 unspecified atom stereocenters. The molecule has 1 heterocycles. The van der Waals surface area contributed by atoms with E-state index in [4.69, 9.17) is 4.74 Å². The van der Waals surface area contributed by atoms with Gasteiger partial charge in [0.25, 0.3) is 0 Å². The maximum atomic E-state index is 11.6. The molecule has 0 fully saturated rings. The number of carbonyl (C=O) groups is 2. The van der Waals surface area contributed by atoms with Crippen molar-refractivity contribution in [1.29, 1.82) is 0 Å². The maximum absolute atomic E-state index is 11.6. The molecule has 0 radical (unpaired) electrons. The molecule has 0 aliphatic carbocycles. The van der Waals surface area contributed by atoms with Gasteiger partial charge in [-0.1, -0.05) is 66.7 Å². The van der Waals surface area contributed by atoms with Crippen LogP contribution >= 0.6 is 11.3 Å². The summed E-state index contributed by atoms with van der Waals surface area (Å²) < 4.78 is 4.78. The van der Waals surface area contributed by atoms with Crippen molar-refractivity contribution >= 4 is 40.7 Å². The average Bonchev–Trinajstić information content (AvgIpc) is 3.47. The molecule has 5 aromatic rings. The van der Waals surface area contributed by atoms with Gasteiger partial charge in [0.2, 0.25) is 0 Å². The van der Waals surface area contributed by atoms with Gasteiger partial charge in [-0.3, -0.25) is 9.59 Å². The highest BCUT2D eigenvalue weighted by Gasteiger charge is 2.14. The Hall–Kier alpha value is -4.48.